The third-order valence-electron chi connectivity index (χ3n) is 3.56. The minimum atomic E-state index is -0.910. The highest BCUT2D eigenvalue weighted by atomic mass is 16.4. The van der Waals surface area contributed by atoms with Crippen molar-refractivity contribution in [3.63, 3.8) is 0 Å². The lowest BCUT2D eigenvalue weighted by molar-refractivity contribution is -0.137. The van der Waals surface area contributed by atoms with E-state index in [-0.39, 0.29) is 6.54 Å². The molecule has 2 heterocycles. The van der Waals surface area contributed by atoms with Crippen molar-refractivity contribution >= 4 is 22.8 Å². The van der Waals surface area contributed by atoms with Crippen LogP contribution < -0.4 is 0 Å². The zero-order valence-corrected chi connectivity index (χ0v) is 11.5. The van der Waals surface area contributed by atoms with Crippen molar-refractivity contribution in [2.24, 2.45) is 0 Å². The first-order valence-electron chi connectivity index (χ1n) is 6.85. The van der Waals surface area contributed by atoms with Crippen molar-refractivity contribution < 1.29 is 9.90 Å². The standard InChI is InChI=1S/C16H12N4O2/c21-14(22)10-19-12-8-4-5-9-13(12)20-16(19)17-15(18-20)11-6-2-1-3-7-11/h1-9H,10H2,(H,21,22). The van der Waals surface area contributed by atoms with Crippen molar-refractivity contribution in [3.8, 4) is 11.4 Å². The van der Waals surface area contributed by atoms with Crippen LogP contribution in [0.5, 0.6) is 0 Å². The minimum Gasteiger partial charge on any atom is -0.480 e. The molecule has 0 radical (unpaired) electrons. The molecule has 22 heavy (non-hydrogen) atoms. The van der Waals surface area contributed by atoms with E-state index in [4.69, 9.17) is 5.11 Å². The number of rotatable bonds is 3. The molecule has 0 saturated carbocycles. The number of aliphatic carboxylic acids is 1. The molecular weight excluding hydrogens is 280 g/mol. The largest absolute Gasteiger partial charge is 0.480 e. The maximum atomic E-state index is 11.2. The summed E-state index contributed by atoms with van der Waals surface area (Å²) in [5.74, 6) is 0.204. The predicted molar refractivity (Wildman–Crippen MR) is 81.6 cm³/mol. The molecule has 1 N–H and O–H groups in total. The number of carboxylic acid groups (broad SMARTS) is 1. The first-order valence-corrected chi connectivity index (χ1v) is 6.85. The van der Waals surface area contributed by atoms with Crippen molar-refractivity contribution in [3.05, 3.63) is 54.6 Å². The number of carboxylic acids is 1. The topological polar surface area (TPSA) is 72.4 Å². The summed E-state index contributed by atoms with van der Waals surface area (Å²) in [5, 5.41) is 13.7. The number of imidazole rings is 1. The van der Waals surface area contributed by atoms with Crippen LogP contribution >= 0.6 is 0 Å². The lowest BCUT2D eigenvalue weighted by atomic mass is 10.2. The Hall–Kier alpha value is -3.15. The Bertz CT molecular complexity index is 985. The van der Waals surface area contributed by atoms with Gasteiger partial charge in [-0.3, -0.25) is 9.36 Å². The third kappa shape index (κ3) is 1.85. The van der Waals surface area contributed by atoms with Crippen LogP contribution in [-0.4, -0.2) is 30.2 Å². The van der Waals surface area contributed by atoms with E-state index < -0.39 is 5.97 Å². The van der Waals surface area contributed by atoms with Crippen LogP contribution in [0.4, 0.5) is 0 Å². The first kappa shape index (κ1) is 12.6. The summed E-state index contributed by atoms with van der Waals surface area (Å²) < 4.78 is 3.36. The number of fused-ring (bicyclic) bond motifs is 3. The second-order valence-electron chi connectivity index (χ2n) is 4.98. The third-order valence-corrected chi connectivity index (χ3v) is 3.56. The predicted octanol–water partition coefficient (Wildman–Crippen LogP) is 2.44. The second kappa shape index (κ2) is 4.70. The Morgan fingerprint density at radius 1 is 1.00 bits per heavy atom. The van der Waals surface area contributed by atoms with E-state index in [9.17, 15) is 4.79 Å². The Balaban J connectivity index is 2.01. The molecule has 0 bridgehead atoms. The van der Waals surface area contributed by atoms with Gasteiger partial charge in [0.1, 0.15) is 6.54 Å². The van der Waals surface area contributed by atoms with Gasteiger partial charge in [-0.25, -0.2) is 0 Å². The summed E-state index contributed by atoms with van der Waals surface area (Å²) in [7, 11) is 0. The van der Waals surface area contributed by atoms with Crippen LogP contribution in [0.1, 0.15) is 0 Å². The van der Waals surface area contributed by atoms with E-state index >= 15 is 0 Å². The molecule has 0 spiro atoms. The van der Waals surface area contributed by atoms with Gasteiger partial charge in [0.05, 0.1) is 11.0 Å². The molecule has 0 aliphatic heterocycles. The van der Waals surface area contributed by atoms with E-state index in [1.165, 1.54) is 0 Å². The monoisotopic (exact) mass is 292 g/mol. The highest BCUT2D eigenvalue weighted by Crippen LogP contribution is 2.23. The Morgan fingerprint density at radius 3 is 2.41 bits per heavy atom. The molecule has 4 rings (SSSR count). The fourth-order valence-electron chi connectivity index (χ4n) is 2.62. The Labute approximate surface area is 125 Å². The SMILES string of the molecule is O=C(O)Cn1c2ccccc2n2nc(-c3ccccc3)nc12. The van der Waals surface area contributed by atoms with Gasteiger partial charge in [-0.2, -0.15) is 9.50 Å². The van der Waals surface area contributed by atoms with Crippen LogP contribution in [-0.2, 0) is 11.3 Å². The molecule has 6 nitrogen and oxygen atoms in total. The molecule has 6 heteroatoms. The van der Waals surface area contributed by atoms with Gasteiger partial charge in [-0.1, -0.05) is 42.5 Å². The summed E-state index contributed by atoms with van der Waals surface area (Å²) in [4.78, 5) is 15.7. The maximum absolute atomic E-state index is 11.2. The van der Waals surface area contributed by atoms with E-state index in [1.807, 2.05) is 54.6 Å². The molecule has 0 amide bonds. The molecule has 0 saturated heterocycles. The number of hydrogen-bond acceptors (Lipinski definition) is 3. The lowest BCUT2D eigenvalue weighted by Crippen LogP contribution is -2.08. The van der Waals surface area contributed by atoms with Gasteiger partial charge >= 0.3 is 5.97 Å². The molecule has 108 valence electrons. The van der Waals surface area contributed by atoms with Crippen molar-refractivity contribution in [1.29, 1.82) is 0 Å². The summed E-state index contributed by atoms with van der Waals surface area (Å²) in [6.07, 6.45) is 0. The number of aromatic nitrogens is 4. The zero-order chi connectivity index (χ0) is 15.1. The average Bonchev–Trinajstić information content (AvgIpc) is 3.08. The summed E-state index contributed by atoms with van der Waals surface area (Å²) in [5.41, 5.74) is 2.55. The summed E-state index contributed by atoms with van der Waals surface area (Å²) >= 11 is 0. The van der Waals surface area contributed by atoms with Gasteiger partial charge in [0.2, 0.25) is 5.78 Å². The Morgan fingerprint density at radius 2 is 1.68 bits per heavy atom. The molecule has 4 aromatic rings. The van der Waals surface area contributed by atoms with Gasteiger partial charge in [-0.05, 0) is 12.1 Å². The van der Waals surface area contributed by atoms with Crippen molar-refractivity contribution in [2.45, 2.75) is 6.54 Å². The van der Waals surface area contributed by atoms with Crippen LogP contribution in [0.3, 0.4) is 0 Å². The average molecular weight is 292 g/mol. The number of hydrogen-bond donors (Lipinski definition) is 1. The Kier molecular flexibility index (Phi) is 2.69. The van der Waals surface area contributed by atoms with E-state index in [0.717, 1.165) is 16.6 Å². The lowest BCUT2D eigenvalue weighted by Gasteiger charge is -2.00. The van der Waals surface area contributed by atoms with Crippen LogP contribution in [0.2, 0.25) is 0 Å². The molecule has 0 fully saturated rings. The smallest absolute Gasteiger partial charge is 0.323 e. The summed E-state index contributed by atoms with van der Waals surface area (Å²) in [6, 6.07) is 17.2. The fourth-order valence-corrected chi connectivity index (χ4v) is 2.62. The quantitative estimate of drug-likeness (QED) is 0.629. The van der Waals surface area contributed by atoms with Crippen LogP contribution in [0, 0.1) is 0 Å². The van der Waals surface area contributed by atoms with E-state index in [1.54, 1.807) is 9.08 Å². The molecule has 0 aliphatic carbocycles. The van der Waals surface area contributed by atoms with Gasteiger partial charge in [0.25, 0.3) is 0 Å². The van der Waals surface area contributed by atoms with Gasteiger partial charge in [0, 0.05) is 5.56 Å². The highest BCUT2D eigenvalue weighted by Gasteiger charge is 2.17. The minimum absolute atomic E-state index is 0.149. The van der Waals surface area contributed by atoms with Crippen molar-refractivity contribution in [2.75, 3.05) is 0 Å². The first-order chi connectivity index (χ1) is 10.7. The normalized spacial score (nSPS) is 11.3. The van der Waals surface area contributed by atoms with E-state index in [2.05, 4.69) is 10.1 Å². The second-order valence-corrected chi connectivity index (χ2v) is 4.98. The van der Waals surface area contributed by atoms with Crippen LogP contribution in [0.15, 0.2) is 54.6 Å². The number of benzene rings is 2. The molecule has 2 aromatic heterocycles. The molecule has 0 unspecified atom stereocenters. The van der Waals surface area contributed by atoms with Gasteiger partial charge in [-0.15, -0.1) is 5.10 Å². The van der Waals surface area contributed by atoms with Crippen molar-refractivity contribution in [1.82, 2.24) is 19.2 Å². The fraction of sp³-hybridized carbons (Fsp3) is 0.0625. The maximum Gasteiger partial charge on any atom is 0.323 e. The summed E-state index contributed by atoms with van der Waals surface area (Å²) in [6.45, 7) is -0.149. The molecule has 0 aliphatic rings. The highest BCUT2D eigenvalue weighted by molar-refractivity contribution is 5.83. The van der Waals surface area contributed by atoms with E-state index in [0.29, 0.717) is 11.6 Å². The molecule has 0 atom stereocenters. The molecular formula is C16H12N4O2. The number of para-hydroxylation sites is 2. The number of nitrogens with zero attached hydrogens (tertiary/aromatic N) is 4. The number of carbonyl (C=O) groups is 1. The van der Waals surface area contributed by atoms with Gasteiger partial charge in [0.15, 0.2) is 5.82 Å². The van der Waals surface area contributed by atoms with Crippen LogP contribution in [0.25, 0.3) is 28.2 Å². The molecule has 2 aromatic carbocycles. The zero-order valence-electron chi connectivity index (χ0n) is 11.5. The van der Waals surface area contributed by atoms with Gasteiger partial charge < -0.3 is 5.11 Å².